The first-order valence-electron chi connectivity index (χ1n) is 8.02. The number of thiocarbonyl (C=S) groups is 1. The van der Waals surface area contributed by atoms with Crippen LogP contribution in [0.4, 0.5) is 5.69 Å². The lowest BCUT2D eigenvalue weighted by Crippen LogP contribution is -2.30. The van der Waals surface area contributed by atoms with Gasteiger partial charge in [-0.3, -0.25) is 4.79 Å². The van der Waals surface area contributed by atoms with Gasteiger partial charge in [-0.15, -0.1) is 12.4 Å². The van der Waals surface area contributed by atoms with Crippen LogP contribution in [0, 0.1) is 0 Å². The van der Waals surface area contributed by atoms with Gasteiger partial charge >= 0.3 is 0 Å². The Morgan fingerprint density at radius 2 is 1.92 bits per heavy atom. The highest BCUT2D eigenvalue weighted by Gasteiger charge is 2.09. The Morgan fingerprint density at radius 3 is 2.69 bits per heavy atom. The minimum atomic E-state index is -0.195. The molecule has 3 aromatic rings. The van der Waals surface area contributed by atoms with Crippen LogP contribution in [0.2, 0.25) is 0 Å². The van der Waals surface area contributed by atoms with Crippen molar-refractivity contribution < 1.29 is 0 Å². The molecule has 0 aliphatic rings. The number of nitrogens with zero attached hydrogens (tertiary/aromatic N) is 1. The van der Waals surface area contributed by atoms with Gasteiger partial charge in [0.25, 0.3) is 5.56 Å². The zero-order valence-electron chi connectivity index (χ0n) is 14.0. The van der Waals surface area contributed by atoms with Crippen LogP contribution < -0.4 is 21.9 Å². The number of benzene rings is 2. The number of hydrogen-bond acceptors (Lipinski definition) is 4. The highest BCUT2D eigenvalue weighted by Crippen LogP contribution is 2.26. The van der Waals surface area contributed by atoms with Gasteiger partial charge in [-0.1, -0.05) is 30.3 Å². The van der Waals surface area contributed by atoms with E-state index in [9.17, 15) is 4.79 Å². The van der Waals surface area contributed by atoms with Crippen molar-refractivity contribution in [1.82, 2.24) is 15.5 Å². The van der Waals surface area contributed by atoms with Crippen molar-refractivity contribution in [2.75, 3.05) is 18.4 Å². The molecule has 26 heavy (non-hydrogen) atoms. The molecule has 0 aliphatic heterocycles. The summed E-state index contributed by atoms with van der Waals surface area (Å²) in [5.41, 5.74) is 7.74. The summed E-state index contributed by atoms with van der Waals surface area (Å²) < 4.78 is 0. The molecular weight excluding hydrogens is 370 g/mol. The second-order valence-corrected chi connectivity index (χ2v) is 5.96. The van der Waals surface area contributed by atoms with Crippen LogP contribution in [0.3, 0.4) is 0 Å². The summed E-state index contributed by atoms with van der Waals surface area (Å²) >= 11 is 5.28. The Bertz CT molecular complexity index is 959. The standard InChI is InChI=1S/C18H19N5OS.ClH/c19-9-4-10-20-18(25)21-13-6-3-5-12(11-13)16-14-7-1-2-8-15(14)17(24)23-22-16;/h1-3,5-8,11H,4,9-10,19H2,(H,23,24)(H2,20,21,25);1H. The van der Waals surface area contributed by atoms with E-state index >= 15 is 0 Å². The van der Waals surface area contributed by atoms with Gasteiger partial charge in [-0.25, -0.2) is 5.10 Å². The lowest BCUT2D eigenvalue weighted by atomic mass is 10.0. The Hall–Kier alpha value is -2.48. The third kappa shape index (κ3) is 4.57. The molecule has 0 spiro atoms. The topological polar surface area (TPSA) is 95.8 Å². The zero-order chi connectivity index (χ0) is 17.6. The fraction of sp³-hybridized carbons (Fsp3) is 0.167. The molecule has 0 amide bonds. The third-order valence-corrected chi connectivity index (χ3v) is 4.00. The smallest absolute Gasteiger partial charge is 0.272 e. The average Bonchev–Trinajstić information content (AvgIpc) is 2.63. The molecule has 1 aromatic heterocycles. The predicted molar refractivity (Wildman–Crippen MR) is 113 cm³/mol. The fourth-order valence-corrected chi connectivity index (χ4v) is 2.78. The van der Waals surface area contributed by atoms with E-state index in [2.05, 4.69) is 20.8 Å². The molecule has 0 saturated heterocycles. The van der Waals surface area contributed by atoms with Gasteiger partial charge in [0.1, 0.15) is 0 Å². The van der Waals surface area contributed by atoms with E-state index in [-0.39, 0.29) is 18.0 Å². The first kappa shape index (κ1) is 19.8. The molecule has 6 nitrogen and oxygen atoms in total. The highest BCUT2D eigenvalue weighted by atomic mass is 35.5. The maximum absolute atomic E-state index is 11.9. The number of fused-ring (bicyclic) bond motifs is 1. The van der Waals surface area contributed by atoms with Crippen molar-refractivity contribution in [3.8, 4) is 11.3 Å². The van der Waals surface area contributed by atoms with Crippen molar-refractivity contribution in [2.45, 2.75) is 6.42 Å². The van der Waals surface area contributed by atoms with Crippen LogP contribution in [0.25, 0.3) is 22.0 Å². The largest absolute Gasteiger partial charge is 0.362 e. The zero-order valence-corrected chi connectivity index (χ0v) is 15.6. The molecule has 3 rings (SSSR count). The minimum absolute atomic E-state index is 0. The van der Waals surface area contributed by atoms with Crippen LogP contribution in [0.15, 0.2) is 53.3 Å². The second-order valence-electron chi connectivity index (χ2n) is 5.55. The van der Waals surface area contributed by atoms with E-state index in [0.717, 1.165) is 35.3 Å². The van der Waals surface area contributed by atoms with E-state index in [4.69, 9.17) is 18.0 Å². The summed E-state index contributed by atoms with van der Waals surface area (Å²) in [6.45, 7) is 1.35. The van der Waals surface area contributed by atoms with Crippen LogP contribution in [0.1, 0.15) is 6.42 Å². The number of nitrogens with one attached hydrogen (secondary N) is 3. The molecule has 0 unspecified atom stereocenters. The summed E-state index contributed by atoms with van der Waals surface area (Å²) in [5.74, 6) is 0. The van der Waals surface area contributed by atoms with Gasteiger partial charge in [0.2, 0.25) is 0 Å². The van der Waals surface area contributed by atoms with Crippen LogP contribution in [0.5, 0.6) is 0 Å². The molecule has 0 bridgehead atoms. The Labute approximate surface area is 162 Å². The molecule has 0 aliphatic carbocycles. The van der Waals surface area contributed by atoms with Gasteiger partial charge in [-0.05, 0) is 43.4 Å². The molecule has 136 valence electrons. The van der Waals surface area contributed by atoms with Crippen LogP contribution in [-0.4, -0.2) is 28.4 Å². The highest BCUT2D eigenvalue weighted by molar-refractivity contribution is 7.80. The molecule has 0 fully saturated rings. The Morgan fingerprint density at radius 1 is 1.15 bits per heavy atom. The minimum Gasteiger partial charge on any atom is -0.362 e. The van der Waals surface area contributed by atoms with Crippen LogP contribution in [-0.2, 0) is 0 Å². The van der Waals surface area contributed by atoms with Crippen molar-refractivity contribution >= 4 is 46.2 Å². The number of anilines is 1. The Balaban J connectivity index is 0.00000243. The summed E-state index contributed by atoms with van der Waals surface area (Å²) in [4.78, 5) is 11.9. The van der Waals surface area contributed by atoms with E-state index < -0.39 is 0 Å². The normalized spacial score (nSPS) is 10.2. The molecule has 0 atom stereocenters. The number of halogens is 1. The third-order valence-electron chi connectivity index (χ3n) is 3.76. The first-order valence-corrected chi connectivity index (χ1v) is 8.42. The maximum atomic E-state index is 11.9. The summed E-state index contributed by atoms with van der Waals surface area (Å²) in [6.07, 6.45) is 0.856. The van der Waals surface area contributed by atoms with Crippen molar-refractivity contribution in [1.29, 1.82) is 0 Å². The molecule has 0 radical (unpaired) electrons. The number of rotatable bonds is 5. The van der Waals surface area contributed by atoms with Gasteiger partial charge in [0, 0.05) is 23.2 Å². The lowest BCUT2D eigenvalue weighted by Gasteiger charge is -2.11. The lowest BCUT2D eigenvalue weighted by molar-refractivity contribution is 0.788. The number of hydrogen-bond donors (Lipinski definition) is 4. The quantitative estimate of drug-likeness (QED) is 0.396. The monoisotopic (exact) mass is 389 g/mol. The average molecular weight is 390 g/mol. The van der Waals surface area contributed by atoms with E-state index in [0.29, 0.717) is 17.0 Å². The van der Waals surface area contributed by atoms with E-state index in [1.165, 1.54) is 0 Å². The number of nitrogens with two attached hydrogens (primary N) is 1. The molecule has 0 saturated carbocycles. The van der Waals surface area contributed by atoms with Crippen LogP contribution >= 0.6 is 24.6 Å². The predicted octanol–water partition coefficient (Wildman–Crippen LogP) is 2.65. The first-order chi connectivity index (χ1) is 12.2. The van der Waals surface area contributed by atoms with Gasteiger partial charge in [0.05, 0.1) is 11.1 Å². The van der Waals surface area contributed by atoms with Crippen molar-refractivity contribution in [3.05, 3.63) is 58.9 Å². The SMILES string of the molecule is Cl.NCCCNC(=S)Nc1cccc(-c2n[nH]c(=O)c3ccccc23)c1. The Kier molecular flexibility index (Phi) is 7.08. The number of H-pyrrole nitrogens is 1. The van der Waals surface area contributed by atoms with Gasteiger partial charge < -0.3 is 16.4 Å². The summed E-state index contributed by atoms with van der Waals surface area (Å²) in [6, 6.07) is 15.2. The molecule has 2 aromatic carbocycles. The molecular formula is C18H20ClN5OS. The summed E-state index contributed by atoms with van der Waals surface area (Å²) in [7, 11) is 0. The van der Waals surface area contributed by atoms with Crippen molar-refractivity contribution in [2.24, 2.45) is 5.73 Å². The second kappa shape index (κ2) is 9.28. The molecule has 5 N–H and O–H groups in total. The van der Waals surface area contributed by atoms with Crippen molar-refractivity contribution in [3.63, 3.8) is 0 Å². The summed E-state index contributed by atoms with van der Waals surface area (Å²) in [5, 5.41) is 15.0. The van der Waals surface area contributed by atoms with E-state index in [1.807, 2.05) is 42.5 Å². The van der Waals surface area contributed by atoms with Gasteiger partial charge in [-0.2, -0.15) is 5.10 Å². The maximum Gasteiger partial charge on any atom is 0.272 e. The molecule has 8 heteroatoms. The number of aromatic nitrogens is 2. The molecule has 1 heterocycles. The van der Waals surface area contributed by atoms with Gasteiger partial charge in [0.15, 0.2) is 5.11 Å². The fourth-order valence-electron chi connectivity index (χ4n) is 2.56. The number of aromatic amines is 1. The van der Waals surface area contributed by atoms with E-state index in [1.54, 1.807) is 6.07 Å².